The summed E-state index contributed by atoms with van der Waals surface area (Å²) < 4.78 is 14.5. The maximum absolute atomic E-state index is 11.1. The Balaban J connectivity index is 0.000000222. The molecule has 59 heavy (non-hydrogen) atoms. The number of nitrogens with zero attached hydrogens (tertiary/aromatic N) is 5. The van der Waals surface area contributed by atoms with Crippen molar-refractivity contribution in [2.24, 2.45) is 23.7 Å². The van der Waals surface area contributed by atoms with Crippen LogP contribution < -0.4 is 5.73 Å². The number of aromatic nitrogens is 5. The molecular formula is C43H54Cl3IN6O6. The summed E-state index contributed by atoms with van der Waals surface area (Å²) in [4.78, 5) is 57.5. The molecule has 0 radical (unpaired) electrons. The predicted molar refractivity (Wildman–Crippen MR) is 243 cm³/mol. The Labute approximate surface area is 375 Å². The zero-order chi connectivity index (χ0) is 42.5. The van der Waals surface area contributed by atoms with E-state index in [-0.39, 0.29) is 66.4 Å². The fourth-order valence-electron chi connectivity index (χ4n) is 6.37. The van der Waals surface area contributed by atoms with Gasteiger partial charge >= 0.3 is 11.9 Å². The number of carbonyl (C=O) groups excluding carboxylic acids is 4. The summed E-state index contributed by atoms with van der Waals surface area (Å²) in [6.07, 6.45) is 12.6. The van der Waals surface area contributed by atoms with Gasteiger partial charge in [-0.3, -0.25) is 19.2 Å². The van der Waals surface area contributed by atoms with Crippen LogP contribution in [0.5, 0.6) is 0 Å². The van der Waals surface area contributed by atoms with Crippen LogP contribution in [0.1, 0.15) is 80.5 Å². The minimum absolute atomic E-state index is 0. The fourth-order valence-corrected chi connectivity index (χ4v) is 6.77. The number of pyridine rings is 3. The summed E-state index contributed by atoms with van der Waals surface area (Å²) in [5.41, 5.74) is 13.4. The van der Waals surface area contributed by atoms with Gasteiger partial charge in [-0.05, 0) is 88.8 Å². The number of ketones is 2. The molecule has 3 fully saturated rings. The Morgan fingerprint density at radius 2 is 1.12 bits per heavy atom. The molecule has 12 nitrogen and oxygen atoms in total. The molecule has 6 atom stereocenters. The lowest BCUT2D eigenvalue weighted by Gasteiger charge is -2.00. The molecule has 0 spiro atoms. The van der Waals surface area contributed by atoms with Gasteiger partial charge in [0.15, 0.2) is 11.6 Å². The lowest BCUT2D eigenvalue weighted by molar-refractivity contribution is -0.150. The van der Waals surface area contributed by atoms with Crippen LogP contribution in [0.3, 0.4) is 0 Å². The van der Waals surface area contributed by atoms with E-state index in [1.165, 1.54) is 22.5 Å². The molecule has 0 aliphatic heterocycles. The number of rotatable bonds is 10. The van der Waals surface area contributed by atoms with Crippen molar-refractivity contribution in [1.82, 2.24) is 23.8 Å². The van der Waals surface area contributed by atoms with Gasteiger partial charge in [-0.1, -0.05) is 48.2 Å². The normalized spacial score (nSPS) is 20.3. The molecule has 3 aliphatic carbocycles. The Kier molecular flexibility index (Phi) is 20.0. The van der Waals surface area contributed by atoms with Crippen molar-refractivity contribution in [1.29, 1.82) is 0 Å². The number of aryl methyl sites for hydroxylation is 3. The molecular weight excluding hydrogens is 930 g/mol. The largest absolute Gasteiger partial charge is 0.466 e. The third kappa shape index (κ3) is 13.9. The highest BCUT2D eigenvalue weighted by atomic mass is 127. The van der Waals surface area contributed by atoms with E-state index in [2.05, 4.69) is 99.3 Å². The number of Topliss-reactive ketones (excluding diaryl/α,β-unsaturated/α-hetero) is 2. The van der Waals surface area contributed by atoms with Gasteiger partial charge in [0, 0.05) is 54.7 Å². The SMILES string of the molecule is C.CCOC(=O)C1CC1C(=O)OCC.Cc1cccn2cc(C3CC3c3cn4cccc(C)c4n3)nc12.Cc1cccnc1N.ClCI.O=C(CCl)C1CC1C(=O)CCl. The van der Waals surface area contributed by atoms with E-state index in [1.54, 1.807) is 20.0 Å². The fraction of sp³-hybridized carbons (Fsp3) is 0.465. The van der Waals surface area contributed by atoms with E-state index < -0.39 is 0 Å². The maximum atomic E-state index is 11.1. The molecule has 3 saturated carbocycles. The van der Waals surface area contributed by atoms with E-state index in [1.807, 2.05) is 19.1 Å². The highest BCUT2D eigenvalue weighted by Crippen LogP contribution is 2.54. The van der Waals surface area contributed by atoms with Crippen LogP contribution in [-0.4, -0.2) is 76.1 Å². The molecule has 16 heteroatoms. The standard InChI is InChI=1S/C19H18N4.C9H14O4.C7H8Cl2O2.C6H8N2.CH2ClI.CH4/c1-12-5-3-7-22-10-16(20-18(12)22)14-9-15(14)17-11-23-8-4-6-13(2)19(23)21-17;1-3-12-8(10)6-5-7(6)9(11)13-4-2;8-2-6(10)4-1-5(4)7(11)3-9;1-5-3-2-4-8-6(5)7;2-1-3;/h3-8,10-11,14-15H,9H2,1-2H3;6-7H,3-5H2,1-2H3;4-5H,1-3H2;2-4H,1H3,(H2,7,8);1H2;1H4. The van der Waals surface area contributed by atoms with E-state index in [9.17, 15) is 19.2 Å². The Morgan fingerprint density at radius 3 is 1.46 bits per heavy atom. The van der Waals surface area contributed by atoms with Gasteiger partial charge in [0.25, 0.3) is 0 Å². The Bertz CT molecular complexity index is 2030. The minimum Gasteiger partial charge on any atom is -0.466 e. The number of nitrogens with two attached hydrogens (primary N) is 1. The molecule has 5 heterocycles. The molecule has 0 aromatic carbocycles. The third-order valence-corrected chi connectivity index (χ3v) is 10.4. The van der Waals surface area contributed by atoms with Crippen LogP contribution in [0.2, 0.25) is 0 Å². The van der Waals surface area contributed by atoms with Crippen LogP contribution in [0.15, 0.2) is 67.4 Å². The van der Waals surface area contributed by atoms with E-state index in [4.69, 9.17) is 60.0 Å². The minimum atomic E-state index is -0.277. The van der Waals surface area contributed by atoms with Crippen molar-refractivity contribution >= 4 is 98.0 Å². The number of carbonyl (C=O) groups is 4. The average molecular weight is 984 g/mol. The lowest BCUT2D eigenvalue weighted by Crippen LogP contribution is -2.13. The summed E-state index contributed by atoms with van der Waals surface area (Å²) >= 11 is 17.7. The quantitative estimate of drug-likeness (QED) is 0.0813. The molecule has 5 aromatic rings. The molecule has 0 bridgehead atoms. The highest BCUT2D eigenvalue weighted by Gasteiger charge is 2.50. The van der Waals surface area contributed by atoms with Crippen molar-refractivity contribution in [2.75, 3.05) is 34.6 Å². The van der Waals surface area contributed by atoms with Gasteiger partial charge in [0.1, 0.15) is 17.1 Å². The highest BCUT2D eigenvalue weighted by molar-refractivity contribution is 14.1. The number of esters is 2. The summed E-state index contributed by atoms with van der Waals surface area (Å²) in [5.74, 6) is 0.265. The van der Waals surface area contributed by atoms with Gasteiger partial charge in [0.05, 0.1) is 52.1 Å². The molecule has 5 aromatic heterocycles. The average Bonchev–Trinajstić information content (AvgIpc) is 4.17. The van der Waals surface area contributed by atoms with Crippen LogP contribution >= 0.6 is 57.4 Å². The smallest absolute Gasteiger partial charge is 0.309 e. The number of alkyl halides is 4. The number of imidazole rings is 2. The third-order valence-electron chi connectivity index (χ3n) is 9.84. The number of hydrogen-bond donors (Lipinski definition) is 1. The number of hydrogen-bond acceptors (Lipinski definition) is 10. The molecule has 6 unspecified atom stereocenters. The molecule has 0 saturated heterocycles. The number of fused-ring (bicyclic) bond motifs is 2. The van der Waals surface area contributed by atoms with Gasteiger partial charge in [-0.25, -0.2) is 15.0 Å². The first-order chi connectivity index (χ1) is 27.8. The van der Waals surface area contributed by atoms with Crippen LogP contribution in [0.25, 0.3) is 11.3 Å². The van der Waals surface area contributed by atoms with Crippen molar-refractivity contribution in [3.8, 4) is 0 Å². The first kappa shape index (κ1) is 49.6. The summed E-state index contributed by atoms with van der Waals surface area (Å²) in [7, 11) is 0. The number of anilines is 1. The number of nitrogen functional groups attached to an aromatic ring is 1. The van der Waals surface area contributed by atoms with Gasteiger partial charge < -0.3 is 24.0 Å². The zero-order valence-corrected chi connectivity index (χ0v) is 37.7. The summed E-state index contributed by atoms with van der Waals surface area (Å²) in [5, 5.41) is 0. The van der Waals surface area contributed by atoms with Gasteiger partial charge in [0.2, 0.25) is 0 Å². The second-order valence-corrected chi connectivity index (χ2v) is 16.5. The first-order valence-corrected chi connectivity index (χ1v) is 22.1. The second-order valence-electron chi connectivity index (χ2n) is 14.0. The van der Waals surface area contributed by atoms with E-state index in [0.717, 1.165) is 23.3 Å². The molecule has 3 aliphatic rings. The van der Waals surface area contributed by atoms with Crippen molar-refractivity contribution in [3.05, 3.63) is 95.5 Å². The Hall–Kier alpha value is -3.79. The first-order valence-electron chi connectivity index (χ1n) is 19.0. The second kappa shape index (κ2) is 23.9. The lowest BCUT2D eigenvalue weighted by atomic mass is 10.2. The number of halogens is 4. The van der Waals surface area contributed by atoms with Crippen molar-refractivity contribution < 1.29 is 28.7 Å². The van der Waals surface area contributed by atoms with Gasteiger partial charge in [-0.15, -0.1) is 34.8 Å². The summed E-state index contributed by atoms with van der Waals surface area (Å²) in [6, 6.07) is 12.2. The van der Waals surface area contributed by atoms with Gasteiger partial charge in [-0.2, -0.15) is 0 Å². The van der Waals surface area contributed by atoms with Crippen LogP contribution in [-0.2, 0) is 28.7 Å². The monoisotopic (exact) mass is 982 g/mol. The van der Waals surface area contributed by atoms with E-state index >= 15 is 0 Å². The van der Waals surface area contributed by atoms with Crippen LogP contribution in [0, 0.1) is 44.4 Å². The molecule has 2 N–H and O–H groups in total. The topological polar surface area (TPSA) is 160 Å². The number of ether oxygens (including phenoxy) is 2. The maximum Gasteiger partial charge on any atom is 0.309 e. The van der Waals surface area contributed by atoms with Crippen molar-refractivity contribution in [3.63, 3.8) is 0 Å². The molecule has 8 rings (SSSR count). The van der Waals surface area contributed by atoms with E-state index in [0.29, 0.717) is 47.6 Å². The van der Waals surface area contributed by atoms with Crippen LogP contribution in [0.4, 0.5) is 5.82 Å². The van der Waals surface area contributed by atoms with Crippen molar-refractivity contribution in [2.45, 2.75) is 73.1 Å². The Morgan fingerprint density at radius 1 is 0.712 bits per heavy atom. The zero-order valence-electron chi connectivity index (χ0n) is 33.2. The predicted octanol–water partition coefficient (Wildman–Crippen LogP) is 9.08. The molecule has 0 amide bonds. The molecule has 320 valence electrons. The summed E-state index contributed by atoms with van der Waals surface area (Å²) in [6.45, 7) is 10.4.